The summed E-state index contributed by atoms with van der Waals surface area (Å²) in [6, 6.07) is 0. The Bertz CT molecular complexity index is 148. The number of terminal acetylenes is 1. The minimum atomic E-state index is -0.822. The molecule has 0 amide bonds. The van der Waals surface area contributed by atoms with E-state index in [1.165, 1.54) is 0 Å². The predicted molar refractivity (Wildman–Crippen MR) is 49.5 cm³/mol. The van der Waals surface area contributed by atoms with E-state index in [4.69, 9.17) is 6.42 Å². The zero-order chi connectivity index (χ0) is 9.56. The van der Waals surface area contributed by atoms with E-state index in [-0.39, 0.29) is 5.92 Å². The number of hydrogen-bond donors (Lipinski definition) is 2. The largest absolute Gasteiger partial charge is 0.393 e. The number of rotatable bonds is 5. The van der Waals surface area contributed by atoms with Crippen LogP contribution in [0.25, 0.3) is 0 Å². The standard InChI is InChI=1S/C10H18O2/c1-4-6-7-10(12)8(3)9(11)5-2/h2,8-12H,4,6-7H2,1,3H3/t8-,9-,10+/m0/s1. The highest BCUT2D eigenvalue weighted by Gasteiger charge is 2.19. The number of unbranched alkanes of at least 4 members (excludes halogenated alkanes) is 1. The molecule has 0 aromatic heterocycles. The van der Waals surface area contributed by atoms with Gasteiger partial charge in [-0.1, -0.05) is 32.6 Å². The van der Waals surface area contributed by atoms with Gasteiger partial charge >= 0.3 is 0 Å². The molecule has 2 nitrogen and oxygen atoms in total. The lowest BCUT2D eigenvalue weighted by atomic mass is 9.95. The first-order valence-corrected chi connectivity index (χ1v) is 4.45. The molecule has 0 rings (SSSR count). The summed E-state index contributed by atoms with van der Waals surface area (Å²) in [6.45, 7) is 3.83. The van der Waals surface area contributed by atoms with Gasteiger partial charge in [-0.3, -0.25) is 0 Å². The van der Waals surface area contributed by atoms with Crippen LogP contribution in [-0.4, -0.2) is 22.4 Å². The fraction of sp³-hybridized carbons (Fsp3) is 0.800. The first kappa shape index (κ1) is 11.5. The molecule has 0 fully saturated rings. The van der Waals surface area contributed by atoms with E-state index in [9.17, 15) is 10.2 Å². The van der Waals surface area contributed by atoms with Crippen LogP contribution >= 0.6 is 0 Å². The van der Waals surface area contributed by atoms with Crippen molar-refractivity contribution in [3.63, 3.8) is 0 Å². The average Bonchev–Trinajstić information content (AvgIpc) is 2.11. The highest BCUT2D eigenvalue weighted by Crippen LogP contribution is 2.13. The van der Waals surface area contributed by atoms with Crippen LogP contribution < -0.4 is 0 Å². The van der Waals surface area contributed by atoms with E-state index in [0.717, 1.165) is 19.3 Å². The first-order valence-electron chi connectivity index (χ1n) is 4.45. The lowest BCUT2D eigenvalue weighted by Crippen LogP contribution is -2.28. The molecule has 0 aromatic rings. The van der Waals surface area contributed by atoms with Crippen LogP contribution in [-0.2, 0) is 0 Å². The van der Waals surface area contributed by atoms with Gasteiger partial charge in [0.2, 0.25) is 0 Å². The molecule has 12 heavy (non-hydrogen) atoms. The minimum Gasteiger partial charge on any atom is -0.393 e. The molecule has 0 saturated carbocycles. The zero-order valence-corrected chi connectivity index (χ0v) is 7.83. The molecule has 2 N–H and O–H groups in total. The van der Waals surface area contributed by atoms with E-state index in [0.29, 0.717) is 0 Å². The van der Waals surface area contributed by atoms with Crippen LogP contribution in [0.2, 0.25) is 0 Å². The van der Waals surface area contributed by atoms with Crippen LogP contribution in [0.4, 0.5) is 0 Å². The van der Waals surface area contributed by atoms with Crippen molar-refractivity contribution in [1.82, 2.24) is 0 Å². The van der Waals surface area contributed by atoms with Crippen molar-refractivity contribution in [3.05, 3.63) is 0 Å². The molecule has 0 unspecified atom stereocenters. The number of hydrogen-bond acceptors (Lipinski definition) is 2. The van der Waals surface area contributed by atoms with E-state index >= 15 is 0 Å². The Morgan fingerprint density at radius 1 is 1.42 bits per heavy atom. The Morgan fingerprint density at radius 3 is 2.42 bits per heavy atom. The average molecular weight is 170 g/mol. The summed E-state index contributed by atoms with van der Waals surface area (Å²) in [6.07, 6.45) is 6.48. The normalized spacial score (nSPS) is 17.9. The first-order chi connectivity index (χ1) is 5.63. The molecular formula is C10H18O2. The van der Waals surface area contributed by atoms with Gasteiger partial charge in [0, 0.05) is 5.92 Å². The van der Waals surface area contributed by atoms with Crippen molar-refractivity contribution in [1.29, 1.82) is 0 Å². The third-order valence-electron chi connectivity index (χ3n) is 2.13. The summed E-state index contributed by atoms with van der Waals surface area (Å²) in [7, 11) is 0. The van der Waals surface area contributed by atoms with E-state index in [2.05, 4.69) is 12.8 Å². The van der Waals surface area contributed by atoms with Gasteiger partial charge in [0.05, 0.1) is 6.10 Å². The molecular weight excluding hydrogens is 152 g/mol. The summed E-state index contributed by atoms with van der Waals surface area (Å²) in [5.41, 5.74) is 0. The van der Waals surface area contributed by atoms with Crippen molar-refractivity contribution in [3.8, 4) is 12.3 Å². The maximum atomic E-state index is 9.49. The van der Waals surface area contributed by atoms with Gasteiger partial charge in [-0.15, -0.1) is 6.42 Å². The second kappa shape index (κ2) is 6.05. The lowest BCUT2D eigenvalue weighted by Gasteiger charge is -2.20. The fourth-order valence-corrected chi connectivity index (χ4v) is 1.04. The molecule has 0 aliphatic rings. The Hall–Kier alpha value is -0.520. The van der Waals surface area contributed by atoms with Crippen molar-refractivity contribution < 1.29 is 10.2 Å². The molecule has 0 aliphatic carbocycles. The summed E-state index contributed by atoms with van der Waals surface area (Å²) >= 11 is 0. The maximum Gasteiger partial charge on any atom is 0.119 e. The van der Waals surface area contributed by atoms with Crippen LogP contribution in [0, 0.1) is 18.3 Å². The van der Waals surface area contributed by atoms with Crippen LogP contribution in [0.5, 0.6) is 0 Å². The smallest absolute Gasteiger partial charge is 0.119 e. The molecule has 70 valence electrons. The third-order valence-corrected chi connectivity index (χ3v) is 2.13. The van der Waals surface area contributed by atoms with E-state index < -0.39 is 12.2 Å². The van der Waals surface area contributed by atoms with Gasteiger partial charge in [0.1, 0.15) is 6.10 Å². The van der Waals surface area contributed by atoms with Gasteiger partial charge in [0.15, 0.2) is 0 Å². The molecule has 0 bridgehead atoms. The summed E-state index contributed by atoms with van der Waals surface area (Å²) in [5, 5.41) is 18.7. The quantitative estimate of drug-likeness (QED) is 0.608. The molecule has 0 radical (unpaired) electrons. The molecule has 3 atom stereocenters. The van der Waals surface area contributed by atoms with E-state index in [1.54, 1.807) is 6.92 Å². The van der Waals surface area contributed by atoms with Crippen molar-refractivity contribution in [2.24, 2.45) is 5.92 Å². The van der Waals surface area contributed by atoms with Crippen LogP contribution in [0.15, 0.2) is 0 Å². The van der Waals surface area contributed by atoms with E-state index in [1.807, 2.05) is 0 Å². The van der Waals surface area contributed by atoms with Crippen LogP contribution in [0.1, 0.15) is 33.1 Å². The van der Waals surface area contributed by atoms with Crippen LogP contribution in [0.3, 0.4) is 0 Å². The monoisotopic (exact) mass is 170 g/mol. The Morgan fingerprint density at radius 2 is 2.00 bits per heavy atom. The van der Waals surface area contributed by atoms with Crippen molar-refractivity contribution in [2.45, 2.75) is 45.3 Å². The molecule has 0 aromatic carbocycles. The lowest BCUT2D eigenvalue weighted by molar-refractivity contribution is 0.0428. The Balaban J connectivity index is 3.77. The number of aliphatic hydroxyl groups is 2. The molecule has 0 saturated heterocycles. The maximum absolute atomic E-state index is 9.49. The van der Waals surface area contributed by atoms with Crippen molar-refractivity contribution in [2.75, 3.05) is 0 Å². The van der Waals surface area contributed by atoms with Gasteiger partial charge in [-0.2, -0.15) is 0 Å². The predicted octanol–water partition coefficient (Wildman–Crippen LogP) is 1.17. The highest BCUT2D eigenvalue weighted by molar-refractivity contribution is 4.97. The fourth-order valence-electron chi connectivity index (χ4n) is 1.04. The molecule has 0 heterocycles. The Kier molecular flexibility index (Phi) is 5.79. The minimum absolute atomic E-state index is 0.221. The highest BCUT2D eigenvalue weighted by atomic mass is 16.3. The van der Waals surface area contributed by atoms with Gasteiger partial charge in [-0.25, -0.2) is 0 Å². The van der Waals surface area contributed by atoms with Crippen molar-refractivity contribution >= 4 is 0 Å². The summed E-state index contributed by atoms with van der Waals surface area (Å²) < 4.78 is 0. The second-order valence-electron chi connectivity index (χ2n) is 3.18. The third kappa shape index (κ3) is 3.75. The van der Waals surface area contributed by atoms with Gasteiger partial charge < -0.3 is 10.2 Å². The molecule has 2 heteroatoms. The topological polar surface area (TPSA) is 40.5 Å². The SMILES string of the molecule is C#C[C@H](O)[C@H](C)[C@H](O)CCCC. The molecule has 0 aliphatic heterocycles. The summed E-state index contributed by atoms with van der Waals surface area (Å²) in [5.74, 6) is 2.00. The number of aliphatic hydroxyl groups excluding tert-OH is 2. The summed E-state index contributed by atoms with van der Waals surface area (Å²) in [4.78, 5) is 0. The zero-order valence-electron chi connectivity index (χ0n) is 7.83. The Labute approximate surface area is 74.6 Å². The second-order valence-corrected chi connectivity index (χ2v) is 3.18. The van der Waals surface area contributed by atoms with Gasteiger partial charge in [-0.05, 0) is 6.42 Å². The van der Waals surface area contributed by atoms with Gasteiger partial charge in [0.25, 0.3) is 0 Å². The molecule has 0 spiro atoms.